The summed E-state index contributed by atoms with van der Waals surface area (Å²) in [5.74, 6) is 0.879. The normalized spacial score (nSPS) is 11.2. The minimum Gasteiger partial charge on any atom is -0.357 e. The summed E-state index contributed by atoms with van der Waals surface area (Å²) in [5, 5.41) is 3.24. The summed E-state index contributed by atoms with van der Waals surface area (Å²) >= 11 is 0. The quantitative estimate of drug-likeness (QED) is 0.619. The number of hydrogen-bond donors (Lipinski definition) is 1. The SMILES string of the molecule is CCNC(=NCc1ccccc1)N(C)CC(=O)N(CC)CC. The zero-order chi connectivity index (χ0) is 16.4. The third-order valence-electron chi connectivity index (χ3n) is 3.44. The monoisotopic (exact) mass is 304 g/mol. The lowest BCUT2D eigenvalue weighted by Gasteiger charge is -2.25. The van der Waals surface area contributed by atoms with Crippen molar-refractivity contribution in [3.63, 3.8) is 0 Å². The first-order chi connectivity index (χ1) is 10.6. The molecule has 0 bridgehead atoms. The van der Waals surface area contributed by atoms with Crippen molar-refractivity contribution in [1.82, 2.24) is 15.1 Å². The third kappa shape index (κ3) is 5.76. The number of carbonyl (C=O) groups is 1. The predicted octanol–water partition coefficient (Wildman–Crippen LogP) is 1.95. The maximum absolute atomic E-state index is 12.2. The summed E-state index contributed by atoms with van der Waals surface area (Å²) in [6.45, 7) is 9.21. The minimum absolute atomic E-state index is 0.123. The number of nitrogens with zero attached hydrogens (tertiary/aromatic N) is 3. The molecule has 22 heavy (non-hydrogen) atoms. The van der Waals surface area contributed by atoms with Crippen LogP contribution in [0.1, 0.15) is 26.3 Å². The van der Waals surface area contributed by atoms with Crippen LogP contribution in [0.4, 0.5) is 0 Å². The molecule has 0 saturated heterocycles. The van der Waals surface area contributed by atoms with Crippen LogP contribution < -0.4 is 5.32 Å². The van der Waals surface area contributed by atoms with Crippen molar-refractivity contribution >= 4 is 11.9 Å². The van der Waals surface area contributed by atoms with Crippen LogP contribution in [0.25, 0.3) is 0 Å². The van der Waals surface area contributed by atoms with Crippen LogP contribution in [0.15, 0.2) is 35.3 Å². The Hall–Kier alpha value is -2.04. The van der Waals surface area contributed by atoms with Gasteiger partial charge in [-0.15, -0.1) is 0 Å². The zero-order valence-corrected chi connectivity index (χ0v) is 14.2. The van der Waals surface area contributed by atoms with Crippen molar-refractivity contribution in [3.8, 4) is 0 Å². The predicted molar refractivity (Wildman–Crippen MR) is 91.8 cm³/mol. The lowest BCUT2D eigenvalue weighted by molar-refractivity contribution is -0.131. The van der Waals surface area contributed by atoms with E-state index >= 15 is 0 Å². The number of aliphatic imine (C=N–C) groups is 1. The van der Waals surface area contributed by atoms with Gasteiger partial charge in [0.1, 0.15) is 0 Å². The molecule has 0 aliphatic rings. The second-order valence-corrected chi connectivity index (χ2v) is 5.08. The molecular weight excluding hydrogens is 276 g/mol. The molecular formula is C17H28N4O. The van der Waals surface area contributed by atoms with E-state index in [0.29, 0.717) is 13.1 Å². The minimum atomic E-state index is 0.123. The molecule has 1 N–H and O–H groups in total. The number of nitrogens with one attached hydrogen (secondary N) is 1. The van der Waals surface area contributed by atoms with E-state index in [1.807, 2.05) is 68.0 Å². The van der Waals surface area contributed by atoms with E-state index in [2.05, 4.69) is 10.3 Å². The lowest BCUT2D eigenvalue weighted by atomic mass is 10.2. The van der Waals surface area contributed by atoms with Gasteiger partial charge in [-0.25, -0.2) is 4.99 Å². The van der Waals surface area contributed by atoms with Crippen molar-refractivity contribution in [2.24, 2.45) is 4.99 Å². The average Bonchev–Trinajstić information content (AvgIpc) is 2.53. The maximum atomic E-state index is 12.2. The molecule has 5 heteroatoms. The second-order valence-electron chi connectivity index (χ2n) is 5.08. The van der Waals surface area contributed by atoms with Crippen molar-refractivity contribution in [2.45, 2.75) is 27.3 Å². The summed E-state index contributed by atoms with van der Waals surface area (Å²) in [6.07, 6.45) is 0. The molecule has 0 aliphatic heterocycles. The molecule has 0 spiro atoms. The van der Waals surface area contributed by atoms with Crippen molar-refractivity contribution in [1.29, 1.82) is 0 Å². The Bertz CT molecular complexity index is 469. The van der Waals surface area contributed by atoms with Gasteiger partial charge in [-0.05, 0) is 26.3 Å². The summed E-state index contributed by atoms with van der Waals surface area (Å²) < 4.78 is 0. The third-order valence-corrected chi connectivity index (χ3v) is 3.44. The van der Waals surface area contributed by atoms with Crippen LogP contribution in [0, 0.1) is 0 Å². The first-order valence-corrected chi connectivity index (χ1v) is 7.93. The van der Waals surface area contributed by atoms with Gasteiger partial charge in [0, 0.05) is 26.7 Å². The highest BCUT2D eigenvalue weighted by atomic mass is 16.2. The number of carbonyl (C=O) groups excluding carboxylic acids is 1. The smallest absolute Gasteiger partial charge is 0.242 e. The van der Waals surface area contributed by atoms with Gasteiger partial charge in [0.2, 0.25) is 5.91 Å². The summed E-state index contributed by atoms with van der Waals surface area (Å²) in [4.78, 5) is 20.5. The molecule has 0 aromatic heterocycles. The Morgan fingerprint density at radius 2 is 1.77 bits per heavy atom. The van der Waals surface area contributed by atoms with Crippen LogP contribution >= 0.6 is 0 Å². The summed E-state index contributed by atoms with van der Waals surface area (Å²) in [7, 11) is 1.90. The van der Waals surface area contributed by atoms with Crippen molar-refractivity contribution < 1.29 is 4.79 Å². The van der Waals surface area contributed by atoms with Gasteiger partial charge in [0.25, 0.3) is 0 Å². The Balaban J connectivity index is 2.70. The average molecular weight is 304 g/mol. The molecule has 0 atom stereocenters. The molecule has 122 valence electrons. The van der Waals surface area contributed by atoms with E-state index in [1.54, 1.807) is 0 Å². The van der Waals surface area contributed by atoms with E-state index in [1.165, 1.54) is 0 Å². The molecule has 0 aliphatic carbocycles. The van der Waals surface area contributed by atoms with E-state index < -0.39 is 0 Å². The molecule has 0 heterocycles. The van der Waals surface area contributed by atoms with Gasteiger partial charge in [0.05, 0.1) is 13.1 Å². The molecule has 1 rings (SSSR count). The van der Waals surface area contributed by atoms with Crippen LogP contribution in [0.2, 0.25) is 0 Å². The Kier molecular flexibility index (Phi) is 8.04. The molecule has 0 saturated carbocycles. The van der Waals surface area contributed by atoms with Gasteiger partial charge in [-0.2, -0.15) is 0 Å². The highest BCUT2D eigenvalue weighted by Crippen LogP contribution is 2.01. The number of benzene rings is 1. The van der Waals surface area contributed by atoms with Crippen molar-refractivity contribution in [2.75, 3.05) is 33.2 Å². The Labute approximate surface area is 134 Å². The molecule has 1 amide bonds. The molecule has 0 fully saturated rings. The van der Waals surface area contributed by atoms with Crippen LogP contribution in [0.3, 0.4) is 0 Å². The largest absolute Gasteiger partial charge is 0.357 e. The molecule has 0 unspecified atom stereocenters. The van der Waals surface area contributed by atoms with Crippen LogP contribution in [0.5, 0.6) is 0 Å². The number of rotatable bonds is 7. The fourth-order valence-electron chi connectivity index (χ4n) is 2.17. The zero-order valence-electron chi connectivity index (χ0n) is 14.2. The van der Waals surface area contributed by atoms with E-state index in [-0.39, 0.29) is 5.91 Å². The molecule has 1 aromatic rings. The number of hydrogen-bond acceptors (Lipinski definition) is 2. The van der Waals surface area contributed by atoms with Crippen LogP contribution in [-0.4, -0.2) is 54.9 Å². The number of guanidine groups is 1. The van der Waals surface area contributed by atoms with Gasteiger partial charge < -0.3 is 15.1 Å². The van der Waals surface area contributed by atoms with Gasteiger partial charge in [-0.1, -0.05) is 30.3 Å². The van der Waals surface area contributed by atoms with E-state index in [0.717, 1.165) is 31.2 Å². The highest BCUT2D eigenvalue weighted by molar-refractivity contribution is 5.86. The molecule has 1 aromatic carbocycles. The topological polar surface area (TPSA) is 47.9 Å². The molecule has 0 radical (unpaired) electrons. The second kappa shape index (κ2) is 9.82. The number of amides is 1. The Morgan fingerprint density at radius 3 is 2.32 bits per heavy atom. The first-order valence-electron chi connectivity index (χ1n) is 7.93. The van der Waals surface area contributed by atoms with Crippen LogP contribution in [-0.2, 0) is 11.3 Å². The van der Waals surface area contributed by atoms with Gasteiger partial charge in [-0.3, -0.25) is 4.79 Å². The summed E-state index contributed by atoms with van der Waals surface area (Å²) in [5.41, 5.74) is 1.15. The Morgan fingerprint density at radius 1 is 1.14 bits per heavy atom. The van der Waals surface area contributed by atoms with Gasteiger partial charge >= 0.3 is 0 Å². The van der Waals surface area contributed by atoms with Crippen molar-refractivity contribution in [3.05, 3.63) is 35.9 Å². The standard InChI is InChI=1S/C17H28N4O/c1-5-18-17(19-13-15-11-9-8-10-12-15)20(4)14-16(22)21(6-2)7-3/h8-12H,5-7,13-14H2,1-4H3,(H,18,19). The van der Waals surface area contributed by atoms with E-state index in [4.69, 9.17) is 0 Å². The maximum Gasteiger partial charge on any atom is 0.242 e. The summed E-state index contributed by atoms with van der Waals surface area (Å²) in [6, 6.07) is 10.1. The van der Waals surface area contributed by atoms with E-state index in [9.17, 15) is 4.79 Å². The highest BCUT2D eigenvalue weighted by Gasteiger charge is 2.14. The molecule has 5 nitrogen and oxygen atoms in total. The fraction of sp³-hybridized carbons (Fsp3) is 0.529. The number of likely N-dealkylation sites (N-methyl/N-ethyl adjacent to an activating group) is 2. The lowest BCUT2D eigenvalue weighted by Crippen LogP contribution is -2.45. The first kappa shape index (κ1) is 18.0. The van der Waals surface area contributed by atoms with Gasteiger partial charge in [0.15, 0.2) is 5.96 Å². The fourth-order valence-corrected chi connectivity index (χ4v) is 2.17.